The van der Waals surface area contributed by atoms with Gasteiger partial charge in [-0.1, -0.05) is 38.1 Å². The summed E-state index contributed by atoms with van der Waals surface area (Å²) in [6, 6.07) is 8.65. The summed E-state index contributed by atoms with van der Waals surface area (Å²) in [7, 11) is 0. The van der Waals surface area contributed by atoms with Crippen LogP contribution in [0.15, 0.2) is 24.3 Å². The van der Waals surface area contributed by atoms with Crippen LogP contribution in [0.2, 0.25) is 0 Å². The average molecular weight is 294 g/mol. The number of carbonyl (C=O) groups is 1. The van der Waals surface area contributed by atoms with Gasteiger partial charge in [0.05, 0.1) is 0 Å². The Hall–Kier alpha value is -1.02. The number of nitrogens with one attached hydrogen (secondary N) is 1. The molecule has 0 fully saturated rings. The Morgan fingerprint density at radius 3 is 2.70 bits per heavy atom. The highest BCUT2D eigenvalue weighted by molar-refractivity contribution is 6.17. The van der Waals surface area contributed by atoms with Crippen molar-refractivity contribution < 1.29 is 4.79 Å². The molecule has 3 heteroatoms. The molecule has 0 radical (unpaired) electrons. The predicted molar refractivity (Wildman–Crippen MR) is 84.1 cm³/mol. The Kier molecular flexibility index (Phi) is 5.47. The van der Waals surface area contributed by atoms with Gasteiger partial charge in [-0.15, -0.1) is 11.6 Å². The lowest BCUT2D eigenvalue weighted by Crippen LogP contribution is -2.43. The maximum absolute atomic E-state index is 12.4. The van der Waals surface area contributed by atoms with Crippen molar-refractivity contribution in [3.05, 3.63) is 35.4 Å². The molecule has 1 aromatic carbocycles. The molecular weight excluding hydrogens is 270 g/mol. The zero-order valence-corrected chi connectivity index (χ0v) is 13.1. The third-order valence-corrected chi connectivity index (χ3v) is 4.49. The van der Waals surface area contributed by atoms with E-state index in [1.165, 1.54) is 11.1 Å². The molecule has 20 heavy (non-hydrogen) atoms. The van der Waals surface area contributed by atoms with Crippen molar-refractivity contribution in [1.29, 1.82) is 0 Å². The van der Waals surface area contributed by atoms with Crippen molar-refractivity contribution >= 4 is 17.5 Å². The maximum atomic E-state index is 12.4. The molecule has 0 saturated heterocycles. The van der Waals surface area contributed by atoms with E-state index in [2.05, 4.69) is 43.4 Å². The van der Waals surface area contributed by atoms with Gasteiger partial charge < -0.3 is 5.32 Å². The van der Waals surface area contributed by atoms with Gasteiger partial charge in [-0.2, -0.15) is 0 Å². The fourth-order valence-electron chi connectivity index (χ4n) is 2.91. The van der Waals surface area contributed by atoms with E-state index >= 15 is 0 Å². The maximum Gasteiger partial charge on any atom is 0.223 e. The number of alkyl halides is 1. The van der Waals surface area contributed by atoms with E-state index in [4.69, 9.17) is 11.6 Å². The first-order chi connectivity index (χ1) is 9.61. The summed E-state index contributed by atoms with van der Waals surface area (Å²) in [5.41, 5.74) is 2.73. The van der Waals surface area contributed by atoms with Gasteiger partial charge in [0.1, 0.15) is 0 Å². The molecule has 0 bridgehead atoms. The first-order valence-electron chi connectivity index (χ1n) is 7.55. The number of fused-ring (bicyclic) bond motifs is 1. The second kappa shape index (κ2) is 7.12. The van der Waals surface area contributed by atoms with Crippen molar-refractivity contribution in [1.82, 2.24) is 5.32 Å². The number of benzene rings is 1. The highest BCUT2D eigenvalue weighted by Crippen LogP contribution is 2.25. The second-order valence-corrected chi connectivity index (χ2v) is 6.42. The summed E-state index contributed by atoms with van der Waals surface area (Å²) in [5, 5.41) is 3.19. The molecule has 0 heterocycles. The molecule has 2 nitrogen and oxygen atoms in total. The molecule has 1 aliphatic carbocycles. The highest BCUT2D eigenvalue weighted by Gasteiger charge is 2.26. The lowest BCUT2D eigenvalue weighted by Gasteiger charge is -2.28. The molecule has 2 unspecified atom stereocenters. The Balaban J connectivity index is 1.97. The zero-order valence-electron chi connectivity index (χ0n) is 12.4. The summed E-state index contributed by atoms with van der Waals surface area (Å²) >= 11 is 5.83. The lowest BCUT2D eigenvalue weighted by molar-refractivity contribution is -0.126. The van der Waals surface area contributed by atoms with Crippen LogP contribution in [0.5, 0.6) is 0 Å². The van der Waals surface area contributed by atoms with Crippen LogP contribution in [-0.2, 0) is 17.6 Å². The molecule has 1 amide bonds. The molecule has 2 rings (SSSR count). The third kappa shape index (κ3) is 3.76. The molecule has 0 aromatic heterocycles. The molecule has 1 aromatic rings. The van der Waals surface area contributed by atoms with Crippen molar-refractivity contribution in [3.63, 3.8) is 0 Å². The van der Waals surface area contributed by atoms with E-state index in [1.807, 2.05) is 0 Å². The minimum atomic E-state index is 0.112. The summed E-state index contributed by atoms with van der Waals surface area (Å²) in [6.07, 6.45) is 3.67. The van der Waals surface area contributed by atoms with Gasteiger partial charge in [0.25, 0.3) is 0 Å². The van der Waals surface area contributed by atoms with Crippen molar-refractivity contribution in [2.24, 2.45) is 11.8 Å². The van der Waals surface area contributed by atoms with Gasteiger partial charge in [-0.05, 0) is 42.7 Å². The quantitative estimate of drug-likeness (QED) is 0.826. The van der Waals surface area contributed by atoms with E-state index in [1.54, 1.807) is 0 Å². The normalized spacial score (nSPS) is 19.5. The number of rotatable bonds is 5. The molecule has 0 aliphatic heterocycles. The summed E-state index contributed by atoms with van der Waals surface area (Å²) < 4.78 is 0. The first-order valence-corrected chi connectivity index (χ1v) is 8.08. The topological polar surface area (TPSA) is 29.1 Å². The number of hydrogen-bond acceptors (Lipinski definition) is 1. The highest BCUT2D eigenvalue weighted by atomic mass is 35.5. The van der Waals surface area contributed by atoms with E-state index in [0.29, 0.717) is 11.8 Å². The molecular formula is C17H24ClNO. The van der Waals surface area contributed by atoms with Crippen LogP contribution in [0.25, 0.3) is 0 Å². The van der Waals surface area contributed by atoms with Crippen LogP contribution in [0, 0.1) is 11.8 Å². The van der Waals surface area contributed by atoms with E-state index in [-0.39, 0.29) is 17.9 Å². The Labute approximate surface area is 126 Å². The Morgan fingerprint density at radius 2 is 2.05 bits per heavy atom. The molecule has 0 saturated carbocycles. The minimum absolute atomic E-state index is 0.112. The summed E-state index contributed by atoms with van der Waals surface area (Å²) in [5.74, 6) is 1.33. The van der Waals surface area contributed by atoms with E-state index in [9.17, 15) is 4.79 Å². The third-order valence-electron chi connectivity index (χ3n) is 4.27. The lowest BCUT2D eigenvalue weighted by atomic mass is 9.83. The monoisotopic (exact) mass is 293 g/mol. The van der Waals surface area contributed by atoms with Crippen LogP contribution in [-0.4, -0.2) is 17.8 Å². The fraction of sp³-hybridized carbons (Fsp3) is 0.588. The van der Waals surface area contributed by atoms with Crippen LogP contribution in [0.4, 0.5) is 0 Å². The van der Waals surface area contributed by atoms with Gasteiger partial charge >= 0.3 is 0 Å². The SMILES string of the molecule is CC(C)C(CCCl)NC(=O)C1CCc2ccccc2C1. The molecule has 2 atom stereocenters. The van der Waals surface area contributed by atoms with Gasteiger partial charge in [0, 0.05) is 17.8 Å². The molecule has 1 N–H and O–H groups in total. The zero-order chi connectivity index (χ0) is 14.5. The second-order valence-electron chi connectivity index (χ2n) is 6.05. The number of aryl methyl sites for hydroxylation is 1. The number of carbonyl (C=O) groups excluding carboxylic acids is 1. The number of hydrogen-bond donors (Lipinski definition) is 1. The molecule has 1 aliphatic rings. The van der Waals surface area contributed by atoms with Crippen molar-refractivity contribution in [2.45, 2.75) is 45.6 Å². The van der Waals surface area contributed by atoms with Gasteiger partial charge in [0.15, 0.2) is 0 Å². The molecule has 110 valence electrons. The van der Waals surface area contributed by atoms with Crippen LogP contribution < -0.4 is 5.32 Å². The standard InChI is InChI=1S/C17H24ClNO/c1-12(2)16(9-10-18)19-17(20)15-8-7-13-5-3-4-6-14(13)11-15/h3-6,12,15-16H,7-11H2,1-2H3,(H,19,20). The largest absolute Gasteiger partial charge is 0.353 e. The minimum Gasteiger partial charge on any atom is -0.353 e. The van der Waals surface area contributed by atoms with Crippen molar-refractivity contribution in [2.75, 3.05) is 5.88 Å². The first kappa shape index (κ1) is 15.4. The summed E-state index contributed by atoms with van der Waals surface area (Å²) in [4.78, 5) is 12.4. The summed E-state index contributed by atoms with van der Waals surface area (Å²) in [6.45, 7) is 4.27. The van der Waals surface area contributed by atoms with E-state index < -0.39 is 0 Å². The average Bonchev–Trinajstić information content (AvgIpc) is 2.46. The van der Waals surface area contributed by atoms with Gasteiger partial charge in [0.2, 0.25) is 5.91 Å². The molecule has 0 spiro atoms. The van der Waals surface area contributed by atoms with Gasteiger partial charge in [-0.25, -0.2) is 0 Å². The fourth-order valence-corrected chi connectivity index (χ4v) is 3.15. The Morgan fingerprint density at radius 1 is 1.35 bits per heavy atom. The number of halogens is 1. The number of amides is 1. The van der Waals surface area contributed by atoms with Crippen LogP contribution in [0.3, 0.4) is 0 Å². The Bertz CT molecular complexity index is 458. The predicted octanol–water partition coefficient (Wildman–Crippen LogP) is 3.56. The van der Waals surface area contributed by atoms with Gasteiger partial charge in [-0.3, -0.25) is 4.79 Å². The van der Waals surface area contributed by atoms with Crippen molar-refractivity contribution in [3.8, 4) is 0 Å². The van der Waals surface area contributed by atoms with E-state index in [0.717, 1.165) is 25.7 Å². The van der Waals surface area contributed by atoms with Crippen LogP contribution in [0.1, 0.15) is 37.8 Å². The van der Waals surface area contributed by atoms with Crippen LogP contribution >= 0.6 is 11.6 Å². The smallest absolute Gasteiger partial charge is 0.223 e.